The second-order valence-electron chi connectivity index (χ2n) is 5.48. The Morgan fingerprint density at radius 3 is 2.45 bits per heavy atom. The van der Waals surface area contributed by atoms with Crippen molar-refractivity contribution >= 4 is 11.9 Å². The molecule has 0 aromatic heterocycles. The van der Waals surface area contributed by atoms with E-state index in [1.165, 1.54) is 0 Å². The van der Waals surface area contributed by atoms with Crippen LogP contribution in [0.5, 0.6) is 0 Å². The maximum Gasteiger partial charge on any atom is 0.323 e. The van der Waals surface area contributed by atoms with Crippen molar-refractivity contribution in [3.63, 3.8) is 0 Å². The third-order valence-electron chi connectivity index (χ3n) is 2.24. The van der Waals surface area contributed by atoms with E-state index in [0.29, 0.717) is 12.8 Å². The Kier molecular flexibility index (Phi) is 9.11. The predicted molar refractivity (Wildman–Crippen MR) is 74.1 cm³/mol. The quantitative estimate of drug-likeness (QED) is 0.631. The van der Waals surface area contributed by atoms with Crippen LogP contribution in [0.25, 0.3) is 0 Å². The first-order valence-electron chi connectivity index (χ1n) is 6.71. The first kappa shape index (κ1) is 18.8. The van der Waals surface area contributed by atoms with Gasteiger partial charge in [-0.25, -0.2) is 0 Å². The number of hydrogen-bond acceptors (Lipinski definition) is 6. The first-order valence-corrected chi connectivity index (χ1v) is 6.71. The van der Waals surface area contributed by atoms with E-state index < -0.39 is 23.6 Å². The van der Waals surface area contributed by atoms with Gasteiger partial charge in [-0.1, -0.05) is 0 Å². The number of carboxylic acid groups (broad SMARTS) is 1. The van der Waals surface area contributed by atoms with Gasteiger partial charge in [0.1, 0.15) is 11.6 Å². The fourth-order valence-electron chi connectivity index (χ4n) is 1.33. The number of carbonyl (C=O) groups excluding carboxylic acids is 1. The summed E-state index contributed by atoms with van der Waals surface area (Å²) in [5.74, 6) is -1.36. The molecule has 1 atom stereocenters. The smallest absolute Gasteiger partial charge is 0.323 e. The third-order valence-corrected chi connectivity index (χ3v) is 2.24. The number of carboxylic acids is 1. The molecule has 0 radical (unpaired) electrons. The summed E-state index contributed by atoms with van der Waals surface area (Å²) in [6.07, 6.45) is 0.744. The standard InChI is InChI=1S/C10H19NO4.C3H7NO/c1-10(2,3)15-9(14)7(11)5-4-6-8(12)13;1-2-5-3-4-1/h7H,4-6,11H2,1-3H3,(H,12,13);4H,1-3H2. The normalized spacial score (nSPS) is 16.0. The summed E-state index contributed by atoms with van der Waals surface area (Å²) < 4.78 is 9.88. The number of hydrogen-bond donors (Lipinski definition) is 3. The highest BCUT2D eigenvalue weighted by Crippen LogP contribution is 2.10. The molecule has 0 amide bonds. The molecule has 7 heteroatoms. The largest absolute Gasteiger partial charge is 0.481 e. The summed E-state index contributed by atoms with van der Waals surface area (Å²) in [6.45, 7) is 7.94. The van der Waals surface area contributed by atoms with Crippen molar-refractivity contribution in [2.24, 2.45) is 5.73 Å². The number of aliphatic carboxylic acids is 1. The molecule has 1 aliphatic heterocycles. The second-order valence-corrected chi connectivity index (χ2v) is 5.48. The van der Waals surface area contributed by atoms with Crippen LogP contribution >= 0.6 is 0 Å². The molecular weight excluding hydrogens is 264 g/mol. The number of carbonyl (C=O) groups is 2. The van der Waals surface area contributed by atoms with Gasteiger partial charge in [0.25, 0.3) is 0 Å². The van der Waals surface area contributed by atoms with E-state index in [4.69, 9.17) is 20.3 Å². The lowest BCUT2D eigenvalue weighted by atomic mass is 10.1. The molecule has 20 heavy (non-hydrogen) atoms. The molecule has 1 saturated heterocycles. The minimum absolute atomic E-state index is 0.0243. The second kappa shape index (κ2) is 9.68. The fraction of sp³-hybridized carbons (Fsp3) is 0.846. The summed E-state index contributed by atoms with van der Waals surface area (Å²) in [7, 11) is 0. The van der Waals surface area contributed by atoms with Crippen LogP contribution in [0.3, 0.4) is 0 Å². The van der Waals surface area contributed by atoms with Crippen molar-refractivity contribution in [2.75, 3.05) is 19.9 Å². The Balaban J connectivity index is 0.000000595. The summed E-state index contributed by atoms with van der Waals surface area (Å²) in [6, 6.07) is -0.733. The van der Waals surface area contributed by atoms with Crippen molar-refractivity contribution in [3.8, 4) is 0 Å². The Labute approximate surface area is 119 Å². The van der Waals surface area contributed by atoms with E-state index >= 15 is 0 Å². The molecule has 0 bridgehead atoms. The zero-order valence-electron chi connectivity index (χ0n) is 12.5. The molecular formula is C13H26N2O5. The average Bonchev–Trinajstić information content (AvgIpc) is 2.84. The van der Waals surface area contributed by atoms with Crippen LogP contribution < -0.4 is 11.1 Å². The topological polar surface area (TPSA) is 111 Å². The van der Waals surface area contributed by atoms with E-state index in [1.54, 1.807) is 20.8 Å². The minimum Gasteiger partial charge on any atom is -0.481 e. The molecule has 4 N–H and O–H groups in total. The van der Waals surface area contributed by atoms with E-state index in [9.17, 15) is 9.59 Å². The van der Waals surface area contributed by atoms with Crippen LogP contribution in [-0.4, -0.2) is 48.6 Å². The molecule has 0 spiro atoms. The van der Waals surface area contributed by atoms with Crippen LogP contribution in [0.4, 0.5) is 0 Å². The average molecular weight is 290 g/mol. The van der Waals surface area contributed by atoms with E-state index in [-0.39, 0.29) is 6.42 Å². The van der Waals surface area contributed by atoms with Gasteiger partial charge >= 0.3 is 11.9 Å². The van der Waals surface area contributed by atoms with Gasteiger partial charge in [-0.3, -0.25) is 14.9 Å². The maximum absolute atomic E-state index is 11.3. The van der Waals surface area contributed by atoms with Crippen molar-refractivity contribution in [1.29, 1.82) is 0 Å². The molecule has 1 fully saturated rings. The highest BCUT2D eigenvalue weighted by Gasteiger charge is 2.21. The number of rotatable bonds is 5. The molecule has 1 unspecified atom stereocenters. The highest BCUT2D eigenvalue weighted by atomic mass is 16.6. The minimum atomic E-state index is -0.883. The van der Waals surface area contributed by atoms with Crippen LogP contribution in [0, 0.1) is 0 Å². The van der Waals surface area contributed by atoms with Crippen molar-refractivity contribution in [1.82, 2.24) is 5.32 Å². The highest BCUT2D eigenvalue weighted by molar-refractivity contribution is 5.76. The summed E-state index contributed by atoms with van der Waals surface area (Å²) in [5.41, 5.74) is 4.99. The van der Waals surface area contributed by atoms with Crippen molar-refractivity contribution < 1.29 is 24.2 Å². The summed E-state index contributed by atoms with van der Waals surface area (Å²) >= 11 is 0. The number of nitrogens with two attached hydrogens (primary N) is 1. The SMILES string of the molecule is C1COCN1.CC(C)(C)OC(=O)C(N)CCCC(=O)O. The lowest BCUT2D eigenvalue weighted by Gasteiger charge is -2.22. The number of nitrogens with one attached hydrogen (secondary N) is 1. The molecule has 0 saturated carbocycles. The van der Waals surface area contributed by atoms with Gasteiger partial charge in [0.2, 0.25) is 0 Å². The van der Waals surface area contributed by atoms with E-state index in [2.05, 4.69) is 5.32 Å². The Morgan fingerprint density at radius 2 is 2.10 bits per heavy atom. The molecule has 1 aliphatic rings. The first-order chi connectivity index (χ1) is 9.22. The lowest BCUT2D eigenvalue weighted by molar-refractivity contribution is -0.156. The van der Waals surface area contributed by atoms with Crippen LogP contribution in [-0.2, 0) is 19.1 Å². The number of esters is 1. The van der Waals surface area contributed by atoms with Crippen LogP contribution in [0.15, 0.2) is 0 Å². The Bertz CT molecular complexity index is 290. The molecule has 7 nitrogen and oxygen atoms in total. The van der Waals surface area contributed by atoms with Gasteiger partial charge in [-0.05, 0) is 33.6 Å². The molecule has 0 aliphatic carbocycles. The Morgan fingerprint density at radius 1 is 1.45 bits per heavy atom. The van der Waals surface area contributed by atoms with Gasteiger partial charge in [0.05, 0.1) is 13.3 Å². The van der Waals surface area contributed by atoms with Crippen LogP contribution in [0.1, 0.15) is 40.0 Å². The maximum atomic E-state index is 11.3. The lowest BCUT2D eigenvalue weighted by Crippen LogP contribution is -2.37. The molecule has 1 rings (SSSR count). The van der Waals surface area contributed by atoms with Gasteiger partial charge < -0.3 is 20.3 Å². The molecule has 0 aromatic rings. The van der Waals surface area contributed by atoms with E-state index in [1.807, 2.05) is 0 Å². The monoisotopic (exact) mass is 290 g/mol. The molecule has 118 valence electrons. The Hall–Kier alpha value is -1.18. The summed E-state index contributed by atoms with van der Waals surface area (Å²) in [4.78, 5) is 21.6. The van der Waals surface area contributed by atoms with Gasteiger partial charge in [0.15, 0.2) is 0 Å². The summed E-state index contributed by atoms with van der Waals surface area (Å²) in [5, 5.41) is 11.4. The zero-order valence-corrected chi connectivity index (χ0v) is 12.5. The molecule has 1 heterocycles. The zero-order chi connectivity index (χ0) is 15.6. The predicted octanol–water partition coefficient (Wildman–Crippen LogP) is 0.474. The number of ether oxygens (including phenoxy) is 2. The van der Waals surface area contributed by atoms with E-state index in [0.717, 1.165) is 19.9 Å². The van der Waals surface area contributed by atoms with Crippen molar-refractivity contribution in [3.05, 3.63) is 0 Å². The van der Waals surface area contributed by atoms with Crippen molar-refractivity contribution in [2.45, 2.75) is 51.7 Å². The fourth-order valence-corrected chi connectivity index (χ4v) is 1.33. The van der Waals surface area contributed by atoms with Gasteiger partial charge in [-0.2, -0.15) is 0 Å². The van der Waals surface area contributed by atoms with Crippen LogP contribution in [0.2, 0.25) is 0 Å². The van der Waals surface area contributed by atoms with Gasteiger partial charge in [-0.15, -0.1) is 0 Å². The molecule has 0 aromatic carbocycles. The third kappa shape index (κ3) is 11.9. The van der Waals surface area contributed by atoms with Gasteiger partial charge in [0, 0.05) is 13.0 Å².